The van der Waals surface area contributed by atoms with Crippen LogP contribution in [0.2, 0.25) is 0 Å². The van der Waals surface area contributed by atoms with E-state index in [1.807, 2.05) is 12.3 Å². The Balaban J connectivity index is 1.55. The number of thiocyanates is 1. The Morgan fingerprint density at radius 1 is 1.20 bits per heavy atom. The number of rotatable bonds is 11. The topological polar surface area (TPSA) is 130 Å². The lowest BCUT2D eigenvalue weighted by atomic mass is 9.90. The van der Waals surface area contributed by atoms with E-state index in [-0.39, 0.29) is 30.2 Å². The molecular weight excluding hydrogens is 534 g/mol. The van der Waals surface area contributed by atoms with Gasteiger partial charge in [0.1, 0.15) is 11.0 Å². The number of benzene rings is 1. The van der Waals surface area contributed by atoms with Gasteiger partial charge in [-0.1, -0.05) is 0 Å². The fourth-order valence-corrected chi connectivity index (χ4v) is 5.72. The van der Waals surface area contributed by atoms with Gasteiger partial charge < -0.3 is 23.7 Å². The van der Waals surface area contributed by atoms with E-state index in [2.05, 4.69) is 15.7 Å². The number of fused-ring (bicyclic) bond motifs is 2. The monoisotopic (exact) mass is 567 g/mol. The number of ether oxygens (including phenoxy) is 2. The van der Waals surface area contributed by atoms with Crippen LogP contribution in [0.5, 0.6) is 0 Å². The number of nitriles is 1. The van der Waals surface area contributed by atoms with Crippen LogP contribution in [0.4, 0.5) is 5.69 Å². The van der Waals surface area contributed by atoms with E-state index in [1.54, 1.807) is 11.0 Å². The molecule has 0 aliphatic carbocycles. The Morgan fingerprint density at radius 3 is 2.70 bits per heavy atom. The molecule has 212 valence electrons. The minimum Gasteiger partial charge on any atom is -0.428 e. The van der Waals surface area contributed by atoms with Crippen LogP contribution in [0, 0.1) is 10.7 Å². The number of hydrogen-bond acceptors (Lipinski definition) is 10. The third kappa shape index (κ3) is 6.86. The molecule has 0 fully saturated rings. The first-order valence-electron chi connectivity index (χ1n) is 13.5. The minimum absolute atomic E-state index is 0.0371. The van der Waals surface area contributed by atoms with Crippen molar-refractivity contribution in [3.05, 3.63) is 44.8 Å². The van der Waals surface area contributed by atoms with Crippen molar-refractivity contribution in [2.45, 2.75) is 52.4 Å². The molecular formula is C29H33N3O7S. The third-order valence-corrected chi connectivity index (χ3v) is 7.68. The first-order valence-corrected chi connectivity index (χ1v) is 14.5. The maximum absolute atomic E-state index is 13.4. The zero-order valence-electron chi connectivity index (χ0n) is 22.8. The summed E-state index contributed by atoms with van der Waals surface area (Å²) in [5, 5.41) is 12.0. The first kappa shape index (κ1) is 29.2. The number of aryl methyl sites for hydroxylation is 2. The number of carbonyl (C=O) groups is 3. The van der Waals surface area contributed by atoms with Crippen molar-refractivity contribution in [2.75, 3.05) is 43.6 Å². The molecule has 2 aliphatic heterocycles. The van der Waals surface area contributed by atoms with Crippen molar-refractivity contribution in [3.8, 4) is 5.40 Å². The van der Waals surface area contributed by atoms with Crippen LogP contribution in [0.1, 0.15) is 56.2 Å². The Kier molecular flexibility index (Phi) is 9.88. The lowest BCUT2D eigenvalue weighted by molar-refractivity contribution is -0.165. The summed E-state index contributed by atoms with van der Waals surface area (Å²) in [5.74, 6) is -1.32. The fourth-order valence-electron chi connectivity index (χ4n) is 5.30. The van der Waals surface area contributed by atoms with Gasteiger partial charge in [-0.3, -0.25) is 14.4 Å². The summed E-state index contributed by atoms with van der Waals surface area (Å²) in [7, 11) is 0. The molecule has 10 nitrogen and oxygen atoms in total. The van der Waals surface area contributed by atoms with Crippen molar-refractivity contribution < 1.29 is 28.3 Å². The molecule has 0 radical (unpaired) electrons. The van der Waals surface area contributed by atoms with Crippen molar-refractivity contribution in [1.29, 1.82) is 5.26 Å². The molecule has 0 bridgehead atoms. The molecule has 0 atom stereocenters. The average Bonchev–Trinajstić information content (AvgIpc) is 2.94. The SMILES string of the molecule is CCN(CCCC(=O)OCOC(C)=O)C(=O)/C(=C/c1cc2cc3c4c(c2oc1=O)CCCN4CCC3)CSC#N. The summed E-state index contributed by atoms with van der Waals surface area (Å²) in [6.45, 7) is 5.25. The Labute approximate surface area is 236 Å². The predicted octanol–water partition coefficient (Wildman–Crippen LogP) is 3.78. The lowest BCUT2D eigenvalue weighted by Gasteiger charge is -2.37. The van der Waals surface area contributed by atoms with Gasteiger partial charge in [-0.05, 0) is 74.6 Å². The number of anilines is 1. The predicted molar refractivity (Wildman–Crippen MR) is 152 cm³/mol. The number of amides is 1. The van der Waals surface area contributed by atoms with Gasteiger partial charge in [0.25, 0.3) is 5.91 Å². The highest BCUT2D eigenvalue weighted by atomic mass is 32.2. The summed E-state index contributed by atoms with van der Waals surface area (Å²) in [4.78, 5) is 53.2. The van der Waals surface area contributed by atoms with Gasteiger partial charge in [0.05, 0.1) is 5.56 Å². The molecule has 1 aromatic heterocycles. The van der Waals surface area contributed by atoms with Crippen molar-refractivity contribution in [1.82, 2.24) is 4.90 Å². The van der Waals surface area contributed by atoms with Crippen molar-refractivity contribution >= 4 is 52.3 Å². The summed E-state index contributed by atoms with van der Waals surface area (Å²) in [5.41, 5.74) is 4.21. The minimum atomic E-state index is -0.550. The van der Waals surface area contributed by atoms with E-state index in [0.29, 0.717) is 24.1 Å². The second kappa shape index (κ2) is 13.5. The van der Waals surface area contributed by atoms with Crippen LogP contribution in [-0.4, -0.2) is 61.5 Å². The fraction of sp³-hybridized carbons (Fsp3) is 0.483. The summed E-state index contributed by atoms with van der Waals surface area (Å²) >= 11 is 0.910. The normalized spacial score (nSPS) is 14.3. The van der Waals surface area contributed by atoms with E-state index < -0.39 is 24.4 Å². The maximum Gasteiger partial charge on any atom is 0.343 e. The standard InChI is InChI=1S/C29H33N3O7S/c1-3-31(10-6-9-25(34)38-18-37-19(2)33)28(35)23(16-40-17-30)15-22-14-21-13-20-7-4-11-32-12-5-8-24(26(20)32)27(21)39-29(22)36/h13-15H,3-12,16,18H2,1-2H3/b23-15+. The molecule has 0 spiro atoms. The molecule has 11 heteroatoms. The lowest BCUT2D eigenvalue weighted by Crippen LogP contribution is -2.34. The average molecular weight is 568 g/mol. The van der Waals surface area contributed by atoms with Crippen LogP contribution in [0.25, 0.3) is 17.0 Å². The quantitative estimate of drug-likeness (QED) is 0.130. The molecule has 0 unspecified atom stereocenters. The van der Waals surface area contributed by atoms with Crippen molar-refractivity contribution in [3.63, 3.8) is 0 Å². The van der Waals surface area contributed by atoms with Gasteiger partial charge in [0.2, 0.25) is 6.79 Å². The van der Waals surface area contributed by atoms with E-state index in [9.17, 15) is 19.2 Å². The van der Waals surface area contributed by atoms with E-state index in [1.165, 1.54) is 24.3 Å². The van der Waals surface area contributed by atoms with Gasteiger partial charge in [0, 0.05) is 67.5 Å². The number of hydrogen-bond donors (Lipinski definition) is 0. The molecule has 40 heavy (non-hydrogen) atoms. The van der Waals surface area contributed by atoms with Gasteiger partial charge in [-0.25, -0.2) is 4.79 Å². The van der Waals surface area contributed by atoms with Gasteiger partial charge in [-0.2, -0.15) is 5.26 Å². The number of likely N-dealkylation sites (N-methyl/N-ethyl adjacent to an activating group) is 1. The molecule has 0 N–H and O–H groups in total. The third-order valence-electron chi connectivity index (χ3n) is 7.10. The molecule has 2 aliphatic rings. The summed E-state index contributed by atoms with van der Waals surface area (Å²) in [6.07, 6.45) is 5.82. The van der Waals surface area contributed by atoms with Gasteiger partial charge in [0.15, 0.2) is 0 Å². The summed E-state index contributed by atoms with van der Waals surface area (Å²) < 4.78 is 15.3. The summed E-state index contributed by atoms with van der Waals surface area (Å²) in [6, 6.07) is 3.88. The highest BCUT2D eigenvalue weighted by molar-refractivity contribution is 8.03. The number of thioether (sulfide) groups is 1. The molecule has 1 amide bonds. The van der Waals surface area contributed by atoms with E-state index in [0.717, 1.165) is 61.5 Å². The number of esters is 2. The van der Waals surface area contributed by atoms with Crippen LogP contribution in [-0.2, 0) is 36.7 Å². The first-order chi connectivity index (χ1) is 19.3. The zero-order chi connectivity index (χ0) is 28.6. The van der Waals surface area contributed by atoms with Gasteiger partial charge >= 0.3 is 17.6 Å². The molecule has 3 heterocycles. The highest BCUT2D eigenvalue weighted by Gasteiger charge is 2.27. The van der Waals surface area contributed by atoms with Crippen LogP contribution < -0.4 is 10.5 Å². The molecule has 1 aromatic carbocycles. The van der Waals surface area contributed by atoms with Crippen LogP contribution >= 0.6 is 11.8 Å². The Hall–Kier alpha value is -3.78. The molecule has 4 rings (SSSR count). The molecule has 0 saturated carbocycles. The van der Waals surface area contributed by atoms with Crippen LogP contribution in [0.15, 0.2) is 26.9 Å². The van der Waals surface area contributed by atoms with E-state index in [4.69, 9.17) is 14.4 Å². The second-order valence-electron chi connectivity index (χ2n) is 9.77. The smallest absolute Gasteiger partial charge is 0.343 e. The highest BCUT2D eigenvalue weighted by Crippen LogP contribution is 2.39. The maximum atomic E-state index is 13.4. The van der Waals surface area contributed by atoms with Crippen molar-refractivity contribution in [2.24, 2.45) is 0 Å². The Morgan fingerprint density at radius 2 is 1.98 bits per heavy atom. The largest absolute Gasteiger partial charge is 0.428 e. The number of nitrogens with zero attached hydrogens (tertiary/aromatic N) is 3. The Bertz CT molecular complexity index is 1420. The second-order valence-corrected chi connectivity index (χ2v) is 10.5. The number of carbonyl (C=O) groups excluding carboxylic acids is 3. The van der Waals surface area contributed by atoms with Gasteiger partial charge in [-0.15, -0.1) is 0 Å². The molecule has 0 saturated heterocycles. The van der Waals surface area contributed by atoms with E-state index >= 15 is 0 Å². The zero-order valence-corrected chi connectivity index (χ0v) is 23.6. The molecule has 2 aromatic rings. The van der Waals surface area contributed by atoms with Crippen LogP contribution in [0.3, 0.4) is 0 Å².